The monoisotopic (exact) mass is 595 g/mol. The molecule has 0 radical (unpaired) electrons. The van der Waals surface area contributed by atoms with Crippen LogP contribution in [-0.2, 0) is 14.3 Å². The number of ketones is 1. The van der Waals surface area contributed by atoms with Crippen LogP contribution in [0.5, 0.6) is 0 Å². The molecule has 5 nitrogen and oxygen atoms in total. The molecule has 2 fully saturated rings. The maximum atomic E-state index is 13.3. The number of allylic oxidation sites excluding steroid dienone is 2. The molecule has 0 unspecified atom stereocenters. The number of carbonyl (C=O) groups is 2. The van der Waals surface area contributed by atoms with Crippen LogP contribution in [0.1, 0.15) is 120 Å². The average molecular weight is 596 g/mol. The molecule has 0 aliphatic heterocycles. The minimum atomic E-state index is -4.60. The molecule has 0 saturated heterocycles. The van der Waals surface area contributed by atoms with Gasteiger partial charge in [-0.3, -0.25) is 9.59 Å². The zero-order valence-corrected chi connectivity index (χ0v) is 27.1. The molecule has 7 atom stereocenters. The van der Waals surface area contributed by atoms with E-state index in [1.165, 1.54) is 0 Å². The number of nitriles is 1. The van der Waals surface area contributed by atoms with E-state index in [4.69, 9.17) is 4.74 Å². The summed E-state index contributed by atoms with van der Waals surface area (Å²) in [6.45, 7) is 16.8. The van der Waals surface area contributed by atoms with Crippen molar-refractivity contribution in [2.75, 3.05) is 6.61 Å². The molecule has 238 valence electrons. The largest absolute Gasteiger partial charge is 0.456 e. The van der Waals surface area contributed by atoms with Crippen molar-refractivity contribution in [2.45, 2.75) is 132 Å². The van der Waals surface area contributed by atoms with Crippen molar-refractivity contribution in [1.29, 1.82) is 5.26 Å². The number of hydrogen-bond acceptors (Lipinski definition) is 5. The van der Waals surface area contributed by atoms with Crippen LogP contribution in [0.4, 0.5) is 13.2 Å². The van der Waals surface area contributed by atoms with E-state index in [2.05, 4.69) is 47.6 Å². The van der Waals surface area contributed by atoms with Crippen LogP contribution in [-0.4, -0.2) is 35.7 Å². The van der Waals surface area contributed by atoms with Gasteiger partial charge in [-0.15, -0.1) is 0 Å². The molecule has 0 spiro atoms. The minimum Gasteiger partial charge on any atom is -0.456 e. The first-order valence-corrected chi connectivity index (χ1v) is 15.6. The quantitative estimate of drug-likeness (QED) is 0.271. The van der Waals surface area contributed by atoms with Gasteiger partial charge in [0.2, 0.25) is 0 Å². The molecule has 0 aromatic rings. The molecular weight excluding hydrogens is 543 g/mol. The van der Waals surface area contributed by atoms with Crippen molar-refractivity contribution in [3.05, 3.63) is 11.6 Å². The highest BCUT2D eigenvalue weighted by Crippen LogP contribution is 2.71. The molecule has 1 N–H and O–H groups in total. The Balaban J connectivity index is 1.98. The Morgan fingerprint density at radius 2 is 1.71 bits per heavy atom. The lowest BCUT2D eigenvalue weighted by atomic mass is 9.37. The van der Waals surface area contributed by atoms with Gasteiger partial charge in [0.25, 0.3) is 0 Å². The molecule has 0 heterocycles. The second-order valence-electron chi connectivity index (χ2n) is 16.1. The SMILES string of the molecule is CCC(C)(C)CC[C@@](C)(CC[C@]1(C)C[C@H](O)C[C@@H]2[C@@]3(C)C=C(C#N)C(=O)C(C)(C)[C@@H]3CC[C@]21C)C(=O)OCC(F)(F)F. The summed E-state index contributed by atoms with van der Waals surface area (Å²) in [5.74, 6) is -0.951. The van der Waals surface area contributed by atoms with Crippen molar-refractivity contribution in [1.82, 2.24) is 0 Å². The molecule has 0 amide bonds. The summed E-state index contributed by atoms with van der Waals surface area (Å²) in [6.07, 6.45) is 2.20. The Bertz CT molecular complexity index is 1140. The predicted molar refractivity (Wildman–Crippen MR) is 156 cm³/mol. The first kappa shape index (κ1) is 34.6. The number of ether oxygens (including phenoxy) is 1. The van der Waals surface area contributed by atoms with E-state index in [9.17, 15) is 33.1 Å². The van der Waals surface area contributed by atoms with Gasteiger partial charge in [0.05, 0.1) is 17.1 Å². The minimum absolute atomic E-state index is 0.0149. The fourth-order valence-corrected chi connectivity index (χ4v) is 8.89. The summed E-state index contributed by atoms with van der Waals surface area (Å²) >= 11 is 0. The zero-order chi connectivity index (χ0) is 32.2. The number of fused-ring (bicyclic) bond motifs is 3. The molecule has 0 aromatic heterocycles. The fraction of sp³-hybridized carbons (Fsp3) is 0.853. The van der Waals surface area contributed by atoms with Crippen LogP contribution in [0, 0.1) is 55.7 Å². The molecule has 3 rings (SSSR count). The Hall–Kier alpha value is -1.88. The smallest absolute Gasteiger partial charge is 0.422 e. The summed E-state index contributed by atoms with van der Waals surface area (Å²) < 4.78 is 43.9. The molecule has 3 aliphatic carbocycles. The molecular formula is C34H52F3NO4. The Morgan fingerprint density at radius 1 is 1.10 bits per heavy atom. The number of nitrogens with zero attached hydrogens (tertiary/aromatic N) is 1. The third-order valence-electron chi connectivity index (χ3n) is 12.5. The van der Waals surface area contributed by atoms with Crippen molar-refractivity contribution in [3.8, 4) is 6.07 Å². The number of aliphatic hydroxyl groups excluding tert-OH is 1. The van der Waals surface area contributed by atoms with Gasteiger partial charge in [-0.1, -0.05) is 67.9 Å². The highest BCUT2D eigenvalue weighted by Gasteiger charge is 2.66. The second-order valence-corrected chi connectivity index (χ2v) is 16.1. The molecule has 42 heavy (non-hydrogen) atoms. The number of esters is 1. The first-order valence-electron chi connectivity index (χ1n) is 15.6. The molecule has 0 aromatic carbocycles. The van der Waals surface area contributed by atoms with Crippen LogP contribution in [0.2, 0.25) is 0 Å². The lowest BCUT2D eigenvalue weighted by Crippen LogP contribution is -2.63. The highest BCUT2D eigenvalue weighted by atomic mass is 19.4. The summed E-state index contributed by atoms with van der Waals surface area (Å²) in [4.78, 5) is 26.5. The normalized spacial score (nSPS) is 36.1. The number of carbonyl (C=O) groups excluding carboxylic acids is 2. The lowest BCUT2D eigenvalue weighted by Gasteiger charge is -2.67. The Labute approximate surface area is 250 Å². The number of alkyl halides is 3. The predicted octanol–water partition coefficient (Wildman–Crippen LogP) is 8.35. The van der Waals surface area contributed by atoms with Crippen molar-refractivity contribution >= 4 is 11.8 Å². The number of aliphatic hydroxyl groups is 1. The van der Waals surface area contributed by atoms with E-state index >= 15 is 0 Å². The van der Waals surface area contributed by atoms with Gasteiger partial charge in [0.1, 0.15) is 6.07 Å². The van der Waals surface area contributed by atoms with Gasteiger partial charge < -0.3 is 9.84 Å². The third kappa shape index (κ3) is 6.19. The molecule has 3 aliphatic rings. The lowest BCUT2D eigenvalue weighted by molar-refractivity contribution is -0.198. The molecule has 0 bridgehead atoms. The fourth-order valence-electron chi connectivity index (χ4n) is 8.89. The summed E-state index contributed by atoms with van der Waals surface area (Å²) in [5.41, 5.74) is -2.91. The van der Waals surface area contributed by atoms with Crippen LogP contribution in [0.25, 0.3) is 0 Å². The molecule has 8 heteroatoms. The summed E-state index contributed by atoms with van der Waals surface area (Å²) in [7, 11) is 0. The van der Waals surface area contributed by atoms with Crippen LogP contribution in [0.3, 0.4) is 0 Å². The number of hydrogen-bond donors (Lipinski definition) is 1. The number of rotatable bonds is 9. The maximum Gasteiger partial charge on any atom is 0.422 e. The van der Waals surface area contributed by atoms with Gasteiger partial charge in [0, 0.05) is 5.41 Å². The summed E-state index contributed by atoms with van der Waals surface area (Å²) in [5, 5.41) is 21.1. The van der Waals surface area contributed by atoms with Crippen molar-refractivity contribution in [2.24, 2.45) is 44.3 Å². The Kier molecular flexibility index (Phi) is 9.26. The van der Waals surface area contributed by atoms with Crippen LogP contribution < -0.4 is 0 Å². The average Bonchev–Trinajstić information content (AvgIpc) is 2.88. The van der Waals surface area contributed by atoms with E-state index in [-0.39, 0.29) is 34.0 Å². The number of halogens is 3. The van der Waals surface area contributed by atoms with Gasteiger partial charge in [-0.2, -0.15) is 18.4 Å². The van der Waals surface area contributed by atoms with Crippen LogP contribution >= 0.6 is 0 Å². The van der Waals surface area contributed by atoms with Crippen LogP contribution in [0.15, 0.2) is 11.6 Å². The van der Waals surface area contributed by atoms with E-state index in [0.29, 0.717) is 38.5 Å². The first-order chi connectivity index (χ1) is 19.0. The topological polar surface area (TPSA) is 87.4 Å². The second kappa shape index (κ2) is 11.2. The zero-order valence-electron chi connectivity index (χ0n) is 27.1. The maximum absolute atomic E-state index is 13.3. The van der Waals surface area contributed by atoms with E-state index < -0.39 is 46.5 Å². The van der Waals surface area contributed by atoms with Gasteiger partial charge in [0.15, 0.2) is 12.4 Å². The van der Waals surface area contributed by atoms with Gasteiger partial charge >= 0.3 is 12.1 Å². The van der Waals surface area contributed by atoms with E-state index in [0.717, 1.165) is 19.3 Å². The summed E-state index contributed by atoms with van der Waals surface area (Å²) in [6, 6.07) is 2.14. The van der Waals surface area contributed by atoms with Crippen molar-refractivity contribution in [3.63, 3.8) is 0 Å². The van der Waals surface area contributed by atoms with Gasteiger partial charge in [-0.05, 0) is 91.8 Å². The van der Waals surface area contributed by atoms with Gasteiger partial charge in [-0.25, -0.2) is 0 Å². The third-order valence-corrected chi connectivity index (χ3v) is 12.5. The van der Waals surface area contributed by atoms with E-state index in [1.807, 2.05) is 19.9 Å². The number of Topliss-reactive ketones (excluding diaryl/α,β-unsaturated/α-hetero) is 1. The van der Waals surface area contributed by atoms with E-state index in [1.54, 1.807) is 6.92 Å². The molecule has 2 saturated carbocycles. The van der Waals surface area contributed by atoms with Crippen molar-refractivity contribution < 1.29 is 32.6 Å². The standard InChI is InChI=1S/C34H52F3NO4/c1-10-28(2,3)13-14-30(6,27(41)42-21-34(35,36)37)15-16-31(7)19-23(39)17-25-32(8)18-22(20-38)26(40)29(4,5)24(32)11-12-33(25,31)9/h18,23-25,39H,10-17,19,21H2,1-9H3/t23-,24+,25-,30+,31-,32+,33-/m1/s1. The Morgan fingerprint density at radius 3 is 2.26 bits per heavy atom. The highest BCUT2D eigenvalue weighted by molar-refractivity contribution is 6.04.